The van der Waals surface area contributed by atoms with E-state index in [0.717, 1.165) is 19.3 Å². The second-order valence-corrected chi connectivity index (χ2v) is 6.64. The van der Waals surface area contributed by atoms with Gasteiger partial charge < -0.3 is 5.73 Å². The van der Waals surface area contributed by atoms with Crippen LogP contribution < -0.4 is 5.73 Å². The van der Waals surface area contributed by atoms with Gasteiger partial charge in [-0.1, -0.05) is 20.8 Å². The van der Waals surface area contributed by atoms with Gasteiger partial charge in [0.1, 0.15) is 0 Å². The van der Waals surface area contributed by atoms with E-state index in [2.05, 4.69) is 31.9 Å². The molecule has 0 aromatic carbocycles. The molecule has 2 unspecified atom stereocenters. The zero-order valence-corrected chi connectivity index (χ0v) is 12.2. The molecule has 1 fully saturated rings. The Bertz CT molecular complexity index is 406. The van der Waals surface area contributed by atoms with E-state index in [-0.39, 0.29) is 0 Å². The minimum absolute atomic E-state index is 0.359. The smallest absolute Gasteiger partial charge is 0.0624 e. The zero-order chi connectivity index (χ0) is 13.3. The summed E-state index contributed by atoms with van der Waals surface area (Å²) in [5, 5.41) is 4.53. The van der Waals surface area contributed by atoms with Gasteiger partial charge in [0.05, 0.1) is 5.69 Å². The van der Waals surface area contributed by atoms with Crippen molar-refractivity contribution in [1.82, 2.24) is 9.78 Å². The monoisotopic (exact) mass is 249 g/mol. The molecule has 0 aliphatic heterocycles. The molecule has 1 aromatic rings. The summed E-state index contributed by atoms with van der Waals surface area (Å²) < 4.78 is 2.03. The molecule has 0 spiro atoms. The van der Waals surface area contributed by atoms with Crippen molar-refractivity contribution in [1.29, 1.82) is 0 Å². The lowest BCUT2D eigenvalue weighted by molar-refractivity contribution is 0.155. The van der Waals surface area contributed by atoms with Gasteiger partial charge in [-0.25, -0.2) is 0 Å². The lowest BCUT2D eigenvalue weighted by Gasteiger charge is -2.39. The highest BCUT2D eigenvalue weighted by Crippen LogP contribution is 2.39. The molecule has 0 saturated heterocycles. The molecule has 1 saturated carbocycles. The third-order valence-electron chi connectivity index (χ3n) is 4.44. The van der Waals surface area contributed by atoms with Crippen LogP contribution in [0.25, 0.3) is 0 Å². The molecule has 2 N–H and O–H groups in total. The first-order chi connectivity index (χ1) is 8.41. The van der Waals surface area contributed by atoms with Gasteiger partial charge in [0.2, 0.25) is 0 Å². The predicted octanol–water partition coefficient (Wildman–Crippen LogP) is 2.68. The van der Waals surface area contributed by atoms with Crippen molar-refractivity contribution in [2.24, 2.45) is 24.1 Å². The van der Waals surface area contributed by atoms with E-state index in [9.17, 15) is 0 Å². The van der Waals surface area contributed by atoms with Crippen molar-refractivity contribution < 1.29 is 0 Å². The molecule has 3 heteroatoms. The summed E-state index contributed by atoms with van der Waals surface area (Å²) in [6.07, 6.45) is 5.75. The molecule has 1 aliphatic rings. The molecule has 1 aliphatic carbocycles. The van der Waals surface area contributed by atoms with Crippen LogP contribution in [0.4, 0.5) is 0 Å². The van der Waals surface area contributed by atoms with Crippen LogP contribution in [0, 0.1) is 11.3 Å². The summed E-state index contributed by atoms with van der Waals surface area (Å²) in [6, 6.07) is 2.60. The lowest BCUT2D eigenvalue weighted by atomic mass is 9.69. The summed E-state index contributed by atoms with van der Waals surface area (Å²) in [4.78, 5) is 0. The van der Waals surface area contributed by atoms with Crippen molar-refractivity contribution >= 4 is 0 Å². The first-order valence-corrected chi connectivity index (χ1v) is 7.18. The summed E-state index contributed by atoms with van der Waals surface area (Å²) in [7, 11) is 2.05. The van der Waals surface area contributed by atoms with Crippen LogP contribution in [0.3, 0.4) is 0 Å². The quantitative estimate of drug-likeness (QED) is 0.895. The maximum absolute atomic E-state index is 6.31. The molecule has 2 atom stereocenters. The van der Waals surface area contributed by atoms with E-state index in [1.54, 1.807) is 0 Å². The summed E-state index contributed by atoms with van der Waals surface area (Å²) in [5.74, 6) is 0.605. The van der Waals surface area contributed by atoms with Crippen molar-refractivity contribution in [3.63, 3.8) is 0 Å². The minimum atomic E-state index is 0.359. The van der Waals surface area contributed by atoms with Gasteiger partial charge >= 0.3 is 0 Å². The summed E-state index contributed by atoms with van der Waals surface area (Å²) in [6.45, 7) is 6.89. The van der Waals surface area contributed by atoms with Gasteiger partial charge in [-0.2, -0.15) is 5.10 Å². The van der Waals surface area contributed by atoms with E-state index in [1.165, 1.54) is 24.2 Å². The molecular weight excluding hydrogens is 222 g/mol. The number of hydrogen-bond acceptors (Lipinski definition) is 2. The molecule has 1 aromatic heterocycles. The van der Waals surface area contributed by atoms with Gasteiger partial charge in [-0.3, -0.25) is 4.68 Å². The van der Waals surface area contributed by atoms with Crippen molar-refractivity contribution in [3.8, 4) is 0 Å². The number of aromatic nitrogens is 2. The first-order valence-electron chi connectivity index (χ1n) is 7.18. The van der Waals surface area contributed by atoms with Crippen LogP contribution >= 0.6 is 0 Å². The lowest BCUT2D eigenvalue weighted by Crippen LogP contribution is -2.40. The van der Waals surface area contributed by atoms with Gasteiger partial charge in [0.15, 0.2) is 0 Å². The standard InChI is InChI=1S/C15H27N3/c1-5-12-9-13(18(4)17-12)8-11-10-15(2,3)7-6-14(11)16/h9,11,14H,5-8,10,16H2,1-4H3. The Morgan fingerprint density at radius 2 is 2.22 bits per heavy atom. The Balaban J connectivity index is 2.09. The van der Waals surface area contributed by atoms with Crippen molar-refractivity contribution in [3.05, 3.63) is 17.5 Å². The normalized spacial score (nSPS) is 27.4. The second-order valence-electron chi connectivity index (χ2n) is 6.64. The van der Waals surface area contributed by atoms with Crippen molar-refractivity contribution in [2.75, 3.05) is 0 Å². The predicted molar refractivity (Wildman–Crippen MR) is 75.4 cm³/mol. The van der Waals surface area contributed by atoms with Crippen LogP contribution in [0.2, 0.25) is 0 Å². The number of nitrogens with two attached hydrogens (primary N) is 1. The number of rotatable bonds is 3. The molecule has 2 rings (SSSR count). The number of hydrogen-bond donors (Lipinski definition) is 1. The van der Waals surface area contributed by atoms with E-state index < -0.39 is 0 Å². The fourth-order valence-corrected chi connectivity index (χ4v) is 3.18. The fraction of sp³-hybridized carbons (Fsp3) is 0.800. The average Bonchev–Trinajstić information content (AvgIpc) is 2.65. The molecular formula is C15H27N3. The van der Waals surface area contributed by atoms with Crippen LogP contribution in [0.1, 0.15) is 51.4 Å². The molecule has 0 bridgehead atoms. The maximum Gasteiger partial charge on any atom is 0.0624 e. The maximum atomic E-state index is 6.31. The molecule has 1 heterocycles. The fourth-order valence-electron chi connectivity index (χ4n) is 3.18. The third-order valence-corrected chi connectivity index (χ3v) is 4.44. The molecule has 0 radical (unpaired) electrons. The van der Waals surface area contributed by atoms with Gasteiger partial charge in [-0.15, -0.1) is 0 Å². The van der Waals surface area contributed by atoms with Crippen LogP contribution in [-0.2, 0) is 19.9 Å². The number of aryl methyl sites for hydroxylation is 2. The summed E-state index contributed by atoms with van der Waals surface area (Å²) in [5.41, 5.74) is 9.29. The highest BCUT2D eigenvalue weighted by Gasteiger charge is 2.33. The largest absolute Gasteiger partial charge is 0.327 e. The van der Waals surface area contributed by atoms with Crippen LogP contribution in [0.15, 0.2) is 6.07 Å². The topological polar surface area (TPSA) is 43.8 Å². The van der Waals surface area contributed by atoms with Gasteiger partial charge in [-0.05, 0) is 49.5 Å². The minimum Gasteiger partial charge on any atom is -0.327 e. The van der Waals surface area contributed by atoms with Crippen molar-refractivity contribution in [2.45, 2.75) is 58.9 Å². The average molecular weight is 249 g/mol. The number of nitrogens with zero attached hydrogens (tertiary/aromatic N) is 2. The molecule has 102 valence electrons. The Labute approximate surface area is 111 Å². The molecule has 18 heavy (non-hydrogen) atoms. The van der Waals surface area contributed by atoms with Gasteiger partial charge in [0.25, 0.3) is 0 Å². The Hall–Kier alpha value is -0.830. The van der Waals surface area contributed by atoms with E-state index >= 15 is 0 Å². The first kappa shape index (κ1) is 13.6. The van der Waals surface area contributed by atoms with E-state index in [0.29, 0.717) is 17.4 Å². The van der Waals surface area contributed by atoms with Gasteiger partial charge in [0, 0.05) is 18.8 Å². The molecule has 0 amide bonds. The SMILES string of the molecule is CCc1cc(CC2CC(C)(C)CCC2N)n(C)n1. The molecule has 3 nitrogen and oxygen atoms in total. The Morgan fingerprint density at radius 3 is 2.83 bits per heavy atom. The third kappa shape index (κ3) is 2.94. The highest BCUT2D eigenvalue weighted by molar-refractivity contribution is 5.12. The Morgan fingerprint density at radius 1 is 1.50 bits per heavy atom. The second kappa shape index (κ2) is 5.04. The summed E-state index contributed by atoms with van der Waals surface area (Å²) >= 11 is 0. The van der Waals surface area contributed by atoms with Crippen LogP contribution in [0.5, 0.6) is 0 Å². The van der Waals surface area contributed by atoms with E-state index in [4.69, 9.17) is 5.73 Å². The highest BCUT2D eigenvalue weighted by atomic mass is 15.3. The zero-order valence-electron chi connectivity index (χ0n) is 12.2. The van der Waals surface area contributed by atoms with E-state index in [1.807, 2.05) is 11.7 Å². The van der Waals surface area contributed by atoms with Crippen LogP contribution in [-0.4, -0.2) is 15.8 Å². The Kier molecular flexibility index (Phi) is 3.81.